The molecule has 0 fully saturated rings. The van der Waals surface area contributed by atoms with Crippen LogP contribution in [0.25, 0.3) is 11.3 Å². The first kappa shape index (κ1) is 14.3. The first-order valence-corrected chi connectivity index (χ1v) is 7.94. The van der Waals surface area contributed by atoms with Gasteiger partial charge in [-0.1, -0.05) is 0 Å². The molecule has 0 amide bonds. The molecule has 1 unspecified atom stereocenters. The summed E-state index contributed by atoms with van der Waals surface area (Å²) >= 11 is 0. The molecule has 3 nitrogen and oxygen atoms in total. The number of halogens is 1. The highest BCUT2D eigenvalue weighted by Crippen LogP contribution is 2.31. The third kappa shape index (κ3) is 2.94. The number of benzene rings is 1. The van der Waals surface area contributed by atoms with Crippen LogP contribution in [-0.4, -0.2) is 0 Å². The maximum absolute atomic E-state index is 13.0. The molecule has 0 spiro atoms. The summed E-state index contributed by atoms with van der Waals surface area (Å²) in [5.41, 5.74) is 2.15. The summed E-state index contributed by atoms with van der Waals surface area (Å²) in [6.07, 6.45) is 5.04. The molecular weight excluding hydrogens is 293 g/mol. The van der Waals surface area contributed by atoms with Crippen molar-refractivity contribution in [2.45, 2.75) is 31.8 Å². The lowest BCUT2D eigenvalue weighted by molar-refractivity contribution is 0.393. The summed E-state index contributed by atoms with van der Waals surface area (Å²) in [5, 5.41) is 3.54. The second-order valence-electron chi connectivity index (χ2n) is 5.90. The fraction of sp³-hybridized carbons (Fsp3) is 0.263. The average Bonchev–Trinajstić information content (AvgIpc) is 3.23. The lowest BCUT2D eigenvalue weighted by Crippen LogP contribution is -2.23. The molecular formula is C19H18FNO2. The molecule has 4 rings (SSSR count). The summed E-state index contributed by atoms with van der Waals surface area (Å²) in [7, 11) is 0. The second-order valence-corrected chi connectivity index (χ2v) is 5.90. The van der Waals surface area contributed by atoms with Gasteiger partial charge in [0.1, 0.15) is 23.1 Å². The van der Waals surface area contributed by atoms with Crippen LogP contribution in [0.4, 0.5) is 4.39 Å². The lowest BCUT2D eigenvalue weighted by atomic mass is 9.93. The maximum Gasteiger partial charge on any atom is 0.134 e. The molecule has 118 valence electrons. The summed E-state index contributed by atoms with van der Waals surface area (Å²) in [4.78, 5) is 0. The molecule has 3 aromatic rings. The van der Waals surface area contributed by atoms with Crippen molar-refractivity contribution < 1.29 is 13.2 Å². The highest BCUT2D eigenvalue weighted by atomic mass is 19.1. The Bertz CT molecular complexity index is 788. The number of nitrogens with one attached hydrogen (secondary N) is 1. The summed E-state index contributed by atoms with van der Waals surface area (Å²) in [6.45, 7) is 0.663. The van der Waals surface area contributed by atoms with Crippen molar-refractivity contribution in [1.29, 1.82) is 0 Å². The zero-order valence-electron chi connectivity index (χ0n) is 12.7. The Balaban J connectivity index is 1.44. The van der Waals surface area contributed by atoms with E-state index in [2.05, 4.69) is 11.4 Å². The van der Waals surface area contributed by atoms with Gasteiger partial charge in [-0.2, -0.15) is 0 Å². The number of rotatable bonds is 4. The highest BCUT2D eigenvalue weighted by Gasteiger charge is 2.22. The standard InChI is InChI=1S/C19H18FNO2/c20-14-6-4-13(5-7-14)18-9-8-15(23-18)12-21-17-2-1-3-19-16(17)10-11-22-19/h4-11,17,21H,1-3,12H2. The molecule has 2 aromatic heterocycles. The van der Waals surface area contributed by atoms with Gasteiger partial charge >= 0.3 is 0 Å². The maximum atomic E-state index is 13.0. The lowest BCUT2D eigenvalue weighted by Gasteiger charge is -2.22. The van der Waals surface area contributed by atoms with E-state index in [1.54, 1.807) is 18.4 Å². The van der Waals surface area contributed by atoms with E-state index >= 15 is 0 Å². The zero-order valence-corrected chi connectivity index (χ0v) is 12.7. The van der Waals surface area contributed by atoms with Gasteiger partial charge in [0.05, 0.1) is 12.8 Å². The quantitative estimate of drug-likeness (QED) is 0.749. The highest BCUT2D eigenvalue weighted by molar-refractivity contribution is 5.57. The Labute approximate surface area is 134 Å². The Hall–Kier alpha value is -2.33. The van der Waals surface area contributed by atoms with Gasteiger partial charge in [-0.25, -0.2) is 4.39 Å². The first-order chi connectivity index (χ1) is 11.3. The smallest absolute Gasteiger partial charge is 0.134 e. The fourth-order valence-corrected chi connectivity index (χ4v) is 3.16. The van der Waals surface area contributed by atoms with Gasteiger partial charge in [0.25, 0.3) is 0 Å². The van der Waals surface area contributed by atoms with Gasteiger partial charge in [-0.05, 0) is 55.3 Å². The van der Waals surface area contributed by atoms with Crippen LogP contribution in [0.15, 0.2) is 57.6 Å². The van der Waals surface area contributed by atoms with E-state index < -0.39 is 0 Å². The molecule has 23 heavy (non-hydrogen) atoms. The van der Waals surface area contributed by atoms with E-state index in [1.165, 1.54) is 17.7 Å². The molecule has 1 aliphatic rings. The molecule has 4 heteroatoms. The predicted octanol–water partition coefficient (Wildman–Crippen LogP) is 4.85. The van der Waals surface area contributed by atoms with Gasteiger partial charge in [0.2, 0.25) is 0 Å². The topological polar surface area (TPSA) is 38.3 Å². The second kappa shape index (κ2) is 6.05. The summed E-state index contributed by atoms with van der Waals surface area (Å²) in [5.74, 6) is 2.49. The Morgan fingerprint density at radius 1 is 1.09 bits per heavy atom. The van der Waals surface area contributed by atoms with Crippen molar-refractivity contribution in [3.05, 3.63) is 71.6 Å². The van der Waals surface area contributed by atoms with E-state index in [9.17, 15) is 4.39 Å². The summed E-state index contributed by atoms with van der Waals surface area (Å²) in [6, 6.07) is 12.6. The fourth-order valence-electron chi connectivity index (χ4n) is 3.16. The first-order valence-electron chi connectivity index (χ1n) is 7.94. The van der Waals surface area contributed by atoms with Crippen molar-refractivity contribution in [1.82, 2.24) is 5.32 Å². The molecule has 0 saturated heterocycles. The summed E-state index contributed by atoms with van der Waals surface area (Å²) < 4.78 is 24.4. The van der Waals surface area contributed by atoms with E-state index in [1.807, 2.05) is 12.1 Å². The molecule has 0 radical (unpaired) electrons. The molecule has 1 N–H and O–H groups in total. The molecule has 1 aromatic carbocycles. The number of hydrogen-bond donors (Lipinski definition) is 1. The van der Waals surface area contributed by atoms with Crippen molar-refractivity contribution in [3.8, 4) is 11.3 Å². The Morgan fingerprint density at radius 3 is 2.83 bits per heavy atom. The van der Waals surface area contributed by atoms with Crippen molar-refractivity contribution in [3.63, 3.8) is 0 Å². The minimum atomic E-state index is -0.240. The molecule has 2 heterocycles. The van der Waals surface area contributed by atoms with Crippen LogP contribution in [0.3, 0.4) is 0 Å². The minimum Gasteiger partial charge on any atom is -0.469 e. The molecule has 0 saturated carbocycles. The number of furan rings is 2. The normalized spacial score (nSPS) is 17.2. The van der Waals surface area contributed by atoms with Gasteiger partial charge in [-0.3, -0.25) is 0 Å². The predicted molar refractivity (Wildman–Crippen MR) is 85.3 cm³/mol. The van der Waals surface area contributed by atoms with Crippen LogP contribution in [0.5, 0.6) is 0 Å². The van der Waals surface area contributed by atoms with Gasteiger partial charge < -0.3 is 14.2 Å². The largest absolute Gasteiger partial charge is 0.469 e. The van der Waals surface area contributed by atoms with Crippen LogP contribution in [-0.2, 0) is 13.0 Å². The third-order valence-electron chi connectivity index (χ3n) is 4.37. The van der Waals surface area contributed by atoms with Gasteiger partial charge in [0.15, 0.2) is 0 Å². The van der Waals surface area contributed by atoms with Crippen LogP contribution < -0.4 is 5.32 Å². The van der Waals surface area contributed by atoms with Crippen molar-refractivity contribution in [2.75, 3.05) is 0 Å². The van der Waals surface area contributed by atoms with Crippen LogP contribution in [0.2, 0.25) is 0 Å². The van der Waals surface area contributed by atoms with Crippen LogP contribution in [0.1, 0.15) is 36.0 Å². The average molecular weight is 311 g/mol. The number of fused-ring (bicyclic) bond motifs is 1. The molecule has 0 bridgehead atoms. The minimum absolute atomic E-state index is 0.240. The third-order valence-corrected chi connectivity index (χ3v) is 4.37. The Kier molecular flexibility index (Phi) is 3.75. The molecule has 1 atom stereocenters. The number of aryl methyl sites for hydroxylation is 1. The zero-order chi connectivity index (χ0) is 15.6. The Morgan fingerprint density at radius 2 is 1.96 bits per heavy atom. The van der Waals surface area contributed by atoms with E-state index in [0.717, 1.165) is 42.1 Å². The number of hydrogen-bond acceptors (Lipinski definition) is 3. The van der Waals surface area contributed by atoms with Crippen LogP contribution >= 0.6 is 0 Å². The van der Waals surface area contributed by atoms with E-state index in [-0.39, 0.29) is 5.82 Å². The molecule has 0 aliphatic heterocycles. The van der Waals surface area contributed by atoms with E-state index in [0.29, 0.717) is 12.6 Å². The monoisotopic (exact) mass is 311 g/mol. The van der Waals surface area contributed by atoms with E-state index in [4.69, 9.17) is 8.83 Å². The van der Waals surface area contributed by atoms with Crippen LogP contribution in [0, 0.1) is 5.82 Å². The molecule has 1 aliphatic carbocycles. The van der Waals surface area contributed by atoms with Crippen molar-refractivity contribution in [2.24, 2.45) is 0 Å². The van der Waals surface area contributed by atoms with Gasteiger partial charge in [-0.15, -0.1) is 0 Å². The van der Waals surface area contributed by atoms with Gasteiger partial charge in [0, 0.05) is 23.6 Å². The van der Waals surface area contributed by atoms with Crippen molar-refractivity contribution >= 4 is 0 Å². The SMILES string of the molecule is Fc1ccc(-c2ccc(CNC3CCCc4occc43)o2)cc1.